The Hall–Kier alpha value is -3.35. The summed E-state index contributed by atoms with van der Waals surface area (Å²) in [6.45, 7) is 7.12. The Morgan fingerprint density at radius 2 is 1.63 bits per heavy atom. The fourth-order valence-electron chi connectivity index (χ4n) is 5.29. The highest BCUT2D eigenvalue weighted by Crippen LogP contribution is 2.44. The van der Waals surface area contributed by atoms with Crippen molar-refractivity contribution in [1.29, 1.82) is 0 Å². The van der Waals surface area contributed by atoms with Crippen molar-refractivity contribution in [3.63, 3.8) is 0 Å². The molecule has 1 heterocycles. The van der Waals surface area contributed by atoms with Crippen LogP contribution in [-0.2, 0) is 14.3 Å². The Morgan fingerprint density at radius 3 is 2.20 bits per heavy atom. The predicted octanol–water partition coefficient (Wildman–Crippen LogP) is 4.51. The van der Waals surface area contributed by atoms with E-state index >= 15 is 0 Å². The minimum atomic E-state index is -0.840. The number of rotatable bonds is 8. The van der Waals surface area contributed by atoms with E-state index < -0.39 is 12.1 Å². The summed E-state index contributed by atoms with van der Waals surface area (Å²) in [4.78, 5) is 38.5. The van der Waals surface area contributed by atoms with Gasteiger partial charge in [0.2, 0.25) is 5.91 Å². The van der Waals surface area contributed by atoms with Crippen molar-refractivity contribution in [2.75, 3.05) is 19.7 Å². The number of likely N-dealkylation sites (tertiary alicyclic amines) is 1. The van der Waals surface area contributed by atoms with Crippen LogP contribution in [0.4, 0.5) is 4.79 Å². The molecule has 0 aromatic heterocycles. The van der Waals surface area contributed by atoms with Gasteiger partial charge in [-0.05, 0) is 40.0 Å². The molecule has 0 radical (unpaired) electrons. The second-order valence-corrected chi connectivity index (χ2v) is 10.2. The van der Waals surface area contributed by atoms with Crippen molar-refractivity contribution >= 4 is 18.0 Å². The van der Waals surface area contributed by atoms with Crippen LogP contribution in [0.25, 0.3) is 11.1 Å². The first kappa shape index (κ1) is 24.8. The van der Waals surface area contributed by atoms with Gasteiger partial charge in [0, 0.05) is 31.5 Å². The molecule has 1 aliphatic carbocycles. The smallest absolute Gasteiger partial charge is 0.407 e. The summed E-state index contributed by atoms with van der Waals surface area (Å²) in [5, 5.41) is 12.0. The molecule has 1 fully saturated rings. The van der Waals surface area contributed by atoms with Crippen LogP contribution in [0.1, 0.15) is 50.7 Å². The normalized spacial score (nSPS) is 19.8. The van der Waals surface area contributed by atoms with Crippen LogP contribution in [0.15, 0.2) is 48.5 Å². The van der Waals surface area contributed by atoms with Gasteiger partial charge < -0.3 is 20.1 Å². The number of alkyl carbamates (subject to hydrolysis) is 1. The molecule has 2 amide bonds. The van der Waals surface area contributed by atoms with E-state index in [4.69, 9.17) is 9.84 Å². The molecule has 3 atom stereocenters. The summed E-state index contributed by atoms with van der Waals surface area (Å²) >= 11 is 0. The van der Waals surface area contributed by atoms with E-state index in [1.54, 1.807) is 4.90 Å². The third-order valence-electron chi connectivity index (χ3n) is 7.40. The van der Waals surface area contributed by atoms with Gasteiger partial charge in [-0.1, -0.05) is 69.3 Å². The lowest BCUT2D eigenvalue weighted by Gasteiger charge is -2.25. The Morgan fingerprint density at radius 1 is 1.03 bits per heavy atom. The maximum absolute atomic E-state index is 12.9. The molecule has 2 aromatic carbocycles. The summed E-state index contributed by atoms with van der Waals surface area (Å²) in [6, 6.07) is 16.0. The molecule has 0 spiro atoms. The number of nitrogens with zero attached hydrogens (tertiary/aromatic N) is 1. The zero-order valence-electron chi connectivity index (χ0n) is 20.6. The van der Waals surface area contributed by atoms with E-state index in [1.807, 2.05) is 45.0 Å². The molecule has 2 aliphatic rings. The van der Waals surface area contributed by atoms with Crippen LogP contribution in [-0.4, -0.2) is 53.7 Å². The standard InChI is InChI=1S/C28H34N2O5/c1-17(2)25(13-26(31)30-14-18(3)19(15-30)12-27(32)33)29-28(34)35-16-24-22-10-6-4-8-20(22)21-9-5-7-11-23(21)24/h4-11,17-19,24-25H,12-16H2,1-3H3,(H,29,34)(H,32,33)/t18-,19-,25+/m1/s1. The van der Waals surface area contributed by atoms with Gasteiger partial charge in [0.05, 0.1) is 6.42 Å². The lowest BCUT2D eigenvalue weighted by molar-refractivity contribution is -0.138. The fourth-order valence-corrected chi connectivity index (χ4v) is 5.29. The summed E-state index contributed by atoms with van der Waals surface area (Å²) in [5.74, 6) is -0.791. The van der Waals surface area contributed by atoms with Gasteiger partial charge in [-0.3, -0.25) is 9.59 Å². The highest BCUT2D eigenvalue weighted by Gasteiger charge is 2.35. The van der Waals surface area contributed by atoms with Gasteiger partial charge in [0.1, 0.15) is 6.61 Å². The number of amides is 2. The number of ether oxygens (including phenoxy) is 1. The first-order valence-electron chi connectivity index (χ1n) is 12.4. The molecule has 1 saturated heterocycles. The molecule has 7 nitrogen and oxygen atoms in total. The highest BCUT2D eigenvalue weighted by molar-refractivity contribution is 5.80. The summed E-state index contributed by atoms with van der Waals surface area (Å²) < 4.78 is 5.67. The second-order valence-electron chi connectivity index (χ2n) is 10.2. The third kappa shape index (κ3) is 5.50. The summed E-state index contributed by atoms with van der Waals surface area (Å²) in [6.07, 6.45) is -0.304. The van der Waals surface area contributed by atoms with Gasteiger partial charge in [-0.2, -0.15) is 0 Å². The second kappa shape index (κ2) is 10.5. The average Bonchev–Trinajstić information content (AvgIpc) is 3.34. The van der Waals surface area contributed by atoms with E-state index in [9.17, 15) is 14.4 Å². The van der Waals surface area contributed by atoms with Gasteiger partial charge in [-0.25, -0.2) is 4.79 Å². The molecule has 4 rings (SSSR count). The first-order chi connectivity index (χ1) is 16.7. The molecular formula is C28H34N2O5. The molecule has 7 heteroatoms. The number of hydrogen-bond donors (Lipinski definition) is 2. The van der Waals surface area contributed by atoms with Crippen LogP contribution in [0.2, 0.25) is 0 Å². The molecule has 1 aliphatic heterocycles. The Kier molecular flexibility index (Phi) is 7.43. The number of carboxylic acids is 1. The topological polar surface area (TPSA) is 95.9 Å². The van der Waals surface area contributed by atoms with Crippen molar-refractivity contribution in [1.82, 2.24) is 10.2 Å². The van der Waals surface area contributed by atoms with Gasteiger partial charge in [0.15, 0.2) is 0 Å². The largest absolute Gasteiger partial charge is 0.481 e. The van der Waals surface area contributed by atoms with E-state index in [0.29, 0.717) is 13.1 Å². The molecule has 2 aromatic rings. The fraction of sp³-hybridized carbons (Fsp3) is 0.464. The minimum Gasteiger partial charge on any atom is -0.481 e. The molecule has 0 saturated carbocycles. The van der Waals surface area contributed by atoms with Crippen LogP contribution >= 0.6 is 0 Å². The number of carboxylic acid groups (broad SMARTS) is 1. The zero-order valence-corrected chi connectivity index (χ0v) is 20.6. The molecule has 35 heavy (non-hydrogen) atoms. The average molecular weight is 479 g/mol. The van der Waals surface area contributed by atoms with Gasteiger partial charge in [0.25, 0.3) is 0 Å². The number of benzene rings is 2. The first-order valence-corrected chi connectivity index (χ1v) is 12.4. The van der Waals surface area contributed by atoms with E-state index in [2.05, 4.69) is 29.6 Å². The quantitative estimate of drug-likeness (QED) is 0.582. The number of hydrogen-bond acceptors (Lipinski definition) is 4. The van der Waals surface area contributed by atoms with Crippen LogP contribution in [0, 0.1) is 17.8 Å². The Bertz CT molecular complexity index is 1050. The van der Waals surface area contributed by atoms with Crippen LogP contribution in [0.3, 0.4) is 0 Å². The number of carbonyl (C=O) groups is 3. The molecule has 186 valence electrons. The SMILES string of the molecule is CC(C)[C@H](CC(=O)N1C[C@@H](CC(=O)O)[C@H](C)C1)NC(=O)OCC1c2ccccc2-c2ccccc21. The van der Waals surface area contributed by atoms with Crippen molar-refractivity contribution in [3.8, 4) is 11.1 Å². The number of carbonyl (C=O) groups excluding carboxylic acids is 2. The van der Waals surface area contributed by atoms with Crippen molar-refractivity contribution in [2.24, 2.45) is 17.8 Å². The number of fused-ring (bicyclic) bond motifs is 3. The zero-order chi connectivity index (χ0) is 25.1. The predicted molar refractivity (Wildman–Crippen MR) is 133 cm³/mol. The molecule has 2 N–H and O–H groups in total. The summed E-state index contributed by atoms with van der Waals surface area (Å²) in [5.41, 5.74) is 4.64. The van der Waals surface area contributed by atoms with Crippen molar-refractivity contribution in [2.45, 2.75) is 45.6 Å². The van der Waals surface area contributed by atoms with Gasteiger partial charge >= 0.3 is 12.1 Å². The molecule has 0 bridgehead atoms. The van der Waals surface area contributed by atoms with Crippen molar-refractivity contribution < 1.29 is 24.2 Å². The Labute approximate surface area is 206 Å². The van der Waals surface area contributed by atoms with E-state index in [-0.39, 0.29) is 55.1 Å². The third-order valence-corrected chi connectivity index (χ3v) is 7.40. The lowest BCUT2D eigenvalue weighted by Crippen LogP contribution is -2.43. The van der Waals surface area contributed by atoms with Crippen molar-refractivity contribution in [3.05, 3.63) is 59.7 Å². The minimum absolute atomic E-state index is 0.0236. The number of nitrogens with one attached hydrogen (secondary N) is 1. The Balaban J connectivity index is 1.34. The summed E-state index contributed by atoms with van der Waals surface area (Å²) in [7, 11) is 0. The monoisotopic (exact) mass is 478 g/mol. The highest BCUT2D eigenvalue weighted by atomic mass is 16.5. The van der Waals surface area contributed by atoms with E-state index in [1.165, 1.54) is 11.1 Å². The van der Waals surface area contributed by atoms with Crippen LogP contribution in [0.5, 0.6) is 0 Å². The van der Waals surface area contributed by atoms with Crippen LogP contribution < -0.4 is 5.32 Å². The maximum atomic E-state index is 12.9. The lowest BCUT2D eigenvalue weighted by atomic mass is 9.95. The van der Waals surface area contributed by atoms with Gasteiger partial charge in [-0.15, -0.1) is 0 Å². The molecular weight excluding hydrogens is 444 g/mol. The molecule has 0 unspecified atom stereocenters. The number of aliphatic carboxylic acids is 1. The maximum Gasteiger partial charge on any atom is 0.407 e. The van der Waals surface area contributed by atoms with E-state index in [0.717, 1.165) is 11.1 Å².